The number of nitrogens with one attached hydrogen (secondary N) is 1. The molecule has 1 fully saturated rings. The van der Waals surface area contributed by atoms with E-state index in [0.29, 0.717) is 12.0 Å². The summed E-state index contributed by atoms with van der Waals surface area (Å²) in [5, 5.41) is 12.4. The molecular weight excluding hydrogens is 202 g/mol. The predicted octanol–water partition coefficient (Wildman–Crippen LogP) is 1.75. The van der Waals surface area contributed by atoms with Gasteiger partial charge in [-0.25, -0.2) is 4.98 Å². The molecule has 0 saturated heterocycles. The van der Waals surface area contributed by atoms with Crippen LogP contribution in [0, 0.1) is 12.8 Å². The van der Waals surface area contributed by atoms with Crippen molar-refractivity contribution in [2.24, 2.45) is 5.92 Å². The van der Waals surface area contributed by atoms with Gasteiger partial charge in [0.2, 0.25) is 0 Å². The molecule has 4 nitrogen and oxygen atoms in total. The standard InChI is InChI=1S/C12H19N3O/c1-9-7-13-8-12(14-9)15-11-4-2-3-10(11)5-6-16/h7-8,10-11,16H,2-6H2,1H3,(H,14,15). The van der Waals surface area contributed by atoms with E-state index in [-0.39, 0.29) is 6.61 Å². The Kier molecular flexibility index (Phi) is 3.72. The molecule has 0 radical (unpaired) electrons. The average Bonchev–Trinajstić information content (AvgIpc) is 2.66. The molecule has 2 N–H and O–H groups in total. The maximum Gasteiger partial charge on any atom is 0.145 e. The lowest BCUT2D eigenvalue weighted by molar-refractivity contribution is 0.254. The molecule has 1 aliphatic rings. The molecular formula is C12H19N3O. The van der Waals surface area contributed by atoms with Crippen molar-refractivity contribution in [3.8, 4) is 0 Å². The summed E-state index contributed by atoms with van der Waals surface area (Å²) >= 11 is 0. The fraction of sp³-hybridized carbons (Fsp3) is 0.667. The van der Waals surface area contributed by atoms with Gasteiger partial charge in [-0.3, -0.25) is 4.98 Å². The van der Waals surface area contributed by atoms with E-state index in [0.717, 1.165) is 17.9 Å². The van der Waals surface area contributed by atoms with Crippen molar-refractivity contribution in [1.82, 2.24) is 9.97 Å². The average molecular weight is 221 g/mol. The second-order valence-electron chi connectivity index (χ2n) is 4.50. The molecule has 1 aliphatic carbocycles. The summed E-state index contributed by atoms with van der Waals surface area (Å²) in [7, 11) is 0. The lowest BCUT2D eigenvalue weighted by Gasteiger charge is -2.20. The number of rotatable bonds is 4. The molecule has 0 aromatic carbocycles. The summed E-state index contributed by atoms with van der Waals surface area (Å²) < 4.78 is 0. The Morgan fingerprint density at radius 2 is 2.31 bits per heavy atom. The van der Waals surface area contributed by atoms with Crippen LogP contribution in [0.1, 0.15) is 31.4 Å². The first-order valence-corrected chi connectivity index (χ1v) is 5.95. The number of hydrogen-bond donors (Lipinski definition) is 2. The van der Waals surface area contributed by atoms with Crippen LogP contribution in [0.25, 0.3) is 0 Å². The fourth-order valence-corrected chi connectivity index (χ4v) is 2.46. The minimum Gasteiger partial charge on any atom is -0.396 e. The maximum atomic E-state index is 9.00. The normalized spacial score (nSPS) is 24.6. The Balaban J connectivity index is 1.98. The van der Waals surface area contributed by atoms with Gasteiger partial charge < -0.3 is 10.4 Å². The first-order valence-electron chi connectivity index (χ1n) is 5.95. The molecule has 0 amide bonds. The number of nitrogens with zero attached hydrogens (tertiary/aromatic N) is 2. The molecule has 1 saturated carbocycles. The first-order chi connectivity index (χ1) is 7.79. The van der Waals surface area contributed by atoms with E-state index in [1.165, 1.54) is 19.3 Å². The summed E-state index contributed by atoms with van der Waals surface area (Å²) in [6.07, 6.45) is 8.02. The van der Waals surface area contributed by atoms with Crippen LogP contribution in [-0.4, -0.2) is 27.7 Å². The molecule has 1 aromatic heterocycles. The summed E-state index contributed by atoms with van der Waals surface area (Å²) in [4.78, 5) is 8.52. The van der Waals surface area contributed by atoms with Crippen molar-refractivity contribution < 1.29 is 5.11 Å². The second-order valence-corrected chi connectivity index (χ2v) is 4.50. The first kappa shape index (κ1) is 11.3. The van der Waals surface area contributed by atoms with Gasteiger partial charge in [-0.2, -0.15) is 0 Å². The van der Waals surface area contributed by atoms with Crippen LogP contribution in [0.15, 0.2) is 12.4 Å². The zero-order chi connectivity index (χ0) is 11.4. The Labute approximate surface area is 96.1 Å². The highest BCUT2D eigenvalue weighted by Crippen LogP contribution is 2.30. The van der Waals surface area contributed by atoms with Crippen LogP contribution in [-0.2, 0) is 0 Å². The van der Waals surface area contributed by atoms with Gasteiger partial charge in [0.05, 0.1) is 11.9 Å². The molecule has 0 spiro atoms. The van der Waals surface area contributed by atoms with Crippen LogP contribution >= 0.6 is 0 Å². The highest BCUT2D eigenvalue weighted by atomic mass is 16.3. The zero-order valence-electron chi connectivity index (χ0n) is 9.69. The number of aliphatic hydroxyl groups excluding tert-OH is 1. The van der Waals surface area contributed by atoms with E-state index in [2.05, 4.69) is 15.3 Å². The molecule has 4 heteroatoms. The number of aryl methyl sites for hydroxylation is 1. The third-order valence-corrected chi connectivity index (χ3v) is 3.25. The Hall–Kier alpha value is -1.16. The van der Waals surface area contributed by atoms with Crippen LogP contribution in [0.2, 0.25) is 0 Å². The molecule has 2 unspecified atom stereocenters. The van der Waals surface area contributed by atoms with Crippen molar-refractivity contribution >= 4 is 5.82 Å². The van der Waals surface area contributed by atoms with Crippen molar-refractivity contribution in [1.29, 1.82) is 0 Å². The lowest BCUT2D eigenvalue weighted by Crippen LogP contribution is -2.25. The maximum absolute atomic E-state index is 9.00. The van der Waals surface area contributed by atoms with Gasteiger partial charge in [-0.15, -0.1) is 0 Å². The second kappa shape index (κ2) is 5.25. The number of aliphatic hydroxyl groups is 1. The molecule has 0 aliphatic heterocycles. The Morgan fingerprint density at radius 1 is 1.44 bits per heavy atom. The van der Waals surface area contributed by atoms with Crippen LogP contribution in [0.3, 0.4) is 0 Å². The van der Waals surface area contributed by atoms with Crippen molar-refractivity contribution in [2.75, 3.05) is 11.9 Å². The van der Waals surface area contributed by atoms with E-state index in [1.54, 1.807) is 12.4 Å². The van der Waals surface area contributed by atoms with E-state index >= 15 is 0 Å². The van der Waals surface area contributed by atoms with Crippen molar-refractivity contribution in [3.63, 3.8) is 0 Å². The largest absolute Gasteiger partial charge is 0.396 e. The molecule has 2 rings (SSSR count). The van der Waals surface area contributed by atoms with Crippen LogP contribution in [0.4, 0.5) is 5.82 Å². The minimum atomic E-state index is 0.280. The van der Waals surface area contributed by atoms with Gasteiger partial charge in [0.1, 0.15) is 5.82 Å². The predicted molar refractivity (Wildman–Crippen MR) is 63.2 cm³/mol. The summed E-state index contributed by atoms with van der Waals surface area (Å²) in [5.41, 5.74) is 0.932. The molecule has 88 valence electrons. The SMILES string of the molecule is Cc1cncc(NC2CCCC2CCO)n1. The van der Waals surface area contributed by atoms with Crippen molar-refractivity contribution in [2.45, 2.75) is 38.6 Å². The fourth-order valence-electron chi connectivity index (χ4n) is 2.46. The lowest BCUT2D eigenvalue weighted by atomic mass is 10.0. The van der Waals surface area contributed by atoms with Gasteiger partial charge in [0.15, 0.2) is 0 Å². The molecule has 16 heavy (non-hydrogen) atoms. The quantitative estimate of drug-likeness (QED) is 0.813. The Morgan fingerprint density at radius 3 is 3.06 bits per heavy atom. The number of aromatic nitrogens is 2. The van der Waals surface area contributed by atoms with Crippen LogP contribution in [0.5, 0.6) is 0 Å². The topological polar surface area (TPSA) is 58.0 Å². The van der Waals surface area contributed by atoms with Gasteiger partial charge in [0.25, 0.3) is 0 Å². The molecule has 2 atom stereocenters. The third kappa shape index (κ3) is 2.70. The number of anilines is 1. The van der Waals surface area contributed by atoms with E-state index < -0.39 is 0 Å². The van der Waals surface area contributed by atoms with E-state index in [9.17, 15) is 0 Å². The van der Waals surface area contributed by atoms with Crippen molar-refractivity contribution in [3.05, 3.63) is 18.1 Å². The summed E-state index contributed by atoms with van der Waals surface area (Å²) in [6, 6.07) is 0.447. The van der Waals surface area contributed by atoms with Gasteiger partial charge in [0, 0.05) is 18.8 Å². The summed E-state index contributed by atoms with van der Waals surface area (Å²) in [5.74, 6) is 1.43. The van der Waals surface area contributed by atoms with Crippen LogP contribution < -0.4 is 5.32 Å². The Bertz CT molecular complexity index is 343. The zero-order valence-corrected chi connectivity index (χ0v) is 9.69. The highest BCUT2D eigenvalue weighted by Gasteiger charge is 2.26. The minimum absolute atomic E-state index is 0.280. The molecule has 1 aromatic rings. The monoisotopic (exact) mass is 221 g/mol. The van der Waals surface area contributed by atoms with Gasteiger partial charge in [-0.1, -0.05) is 6.42 Å². The highest BCUT2D eigenvalue weighted by molar-refractivity contribution is 5.33. The van der Waals surface area contributed by atoms with E-state index in [1.807, 2.05) is 6.92 Å². The van der Waals surface area contributed by atoms with E-state index in [4.69, 9.17) is 5.11 Å². The number of hydrogen-bond acceptors (Lipinski definition) is 4. The molecule has 1 heterocycles. The third-order valence-electron chi connectivity index (χ3n) is 3.25. The molecule has 0 bridgehead atoms. The van der Waals surface area contributed by atoms with Gasteiger partial charge in [-0.05, 0) is 32.1 Å². The van der Waals surface area contributed by atoms with Gasteiger partial charge >= 0.3 is 0 Å². The summed E-state index contributed by atoms with van der Waals surface area (Å²) in [6.45, 7) is 2.22. The smallest absolute Gasteiger partial charge is 0.145 e.